The van der Waals surface area contributed by atoms with Gasteiger partial charge in [0.25, 0.3) is 5.91 Å². The zero-order valence-electron chi connectivity index (χ0n) is 10.7. The number of halogens is 1. The summed E-state index contributed by atoms with van der Waals surface area (Å²) in [6, 6.07) is 1.78. The molecule has 5 nitrogen and oxygen atoms in total. The molecule has 0 aromatic carbocycles. The molecule has 0 bridgehead atoms. The van der Waals surface area contributed by atoms with Gasteiger partial charge < -0.3 is 14.6 Å². The number of hydrogen-bond donors (Lipinski definition) is 1. The van der Waals surface area contributed by atoms with Crippen molar-refractivity contribution in [2.45, 2.75) is 20.4 Å². The molecule has 0 aliphatic carbocycles. The molecule has 7 heteroatoms. The van der Waals surface area contributed by atoms with E-state index in [1.54, 1.807) is 20.1 Å². The van der Waals surface area contributed by atoms with Crippen molar-refractivity contribution in [2.75, 3.05) is 7.11 Å². The fourth-order valence-corrected chi connectivity index (χ4v) is 3.25. The smallest absolute Gasteiger partial charge is 0.265 e. The molecule has 1 amide bonds. The lowest BCUT2D eigenvalue weighted by molar-refractivity contribution is 0.0951. The van der Waals surface area contributed by atoms with Crippen molar-refractivity contribution in [1.29, 1.82) is 0 Å². The van der Waals surface area contributed by atoms with Crippen LogP contribution in [-0.4, -0.2) is 18.2 Å². The summed E-state index contributed by atoms with van der Waals surface area (Å²) in [6.45, 7) is 4.06. The van der Waals surface area contributed by atoms with Gasteiger partial charge in [-0.25, -0.2) is 0 Å². The van der Waals surface area contributed by atoms with Gasteiger partial charge in [-0.1, -0.05) is 5.16 Å². The number of rotatable bonds is 4. The third kappa shape index (κ3) is 2.98. The summed E-state index contributed by atoms with van der Waals surface area (Å²) >= 11 is 4.79. The van der Waals surface area contributed by atoms with E-state index in [0.717, 1.165) is 15.1 Å². The number of methoxy groups -OCH3 is 1. The summed E-state index contributed by atoms with van der Waals surface area (Å²) in [6.07, 6.45) is 0. The quantitative estimate of drug-likeness (QED) is 0.925. The van der Waals surface area contributed by atoms with Crippen LogP contribution in [0.3, 0.4) is 0 Å². The average molecular weight is 345 g/mol. The number of carbonyl (C=O) groups excluding carboxylic acids is 1. The minimum absolute atomic E-state index is 0.184. The lowest BCUT2D eigenvalue weighted by Crippen LogP contribution is -2.22. The van der Waals surface area contributed by atoms with Crippen LogP contribution >= 0.6 is 27.3 Å². The van der Waals surface area contributed by atoms with E-state index in [4.69, 9.17) is 9.26 Å². The van der Waals surface area contributed by atoms with Gasteiger partial charge in [0, 0.05) is 10.9 Å². The van der Waals surface area contributed by atoms with E-state index < -0.39 is 0 Å². The van der Waals surface area contributed by atoms with Crippen molar-refractivity contribution in [3.8, 4) is 5.75 Å². The Balaban J connectivity index is 2.10. The van der Waals surface area contributed by atoms with E-state index >= 15 is 0 Å². The predicted molar refractivity (Wildman–Crippen MR) is 75.7 cm³/mol. The summed E-state index contributed by atoms with van der Waals surface area (Å²) in [4.78, 5) is 13.7. The van der Waals surface area contributed by atoms with E-state index in [-0.39, 0.29) is 5.91 Å². The molecule has 2 heterocycles. The Morgan fingerprint density at radius 3 is 2.89 bits per heavy atom. The number of hydrogen-bond acceptors (Lipinski definition) is 5. The van der Waals surface area contributed by atoms with Crippen LogP contribution in [0.5, 0.6) is 5.75 Å². The van der Waals surface area contributed by atoms with Crippen LogP contribution < -0.4 is 10.1 Å². The van der Waals surface area contributed by atoms with Gasteiger partial charge in [-0.2, -0.15) is 0 Å². The van der Waals surface area contributed by atoms with Gasteiger partial charge in [0.2, 0.25) is 0 Å². The van der Waals surface area contributed by atoms with Crippen LogP contribution in [0.15, 0.2) is 15.1 Å². The standard InChI is InChI=1S/C12H13BrN2O3S/c1-6-4-8(15-18-6)5-14-12(16)11-10(17-3)9(13)7(2)19-11/h4H,5H2,1-3H3,(H,14,16). The second kappa shape index (κ2) is 5.75. The molecule has 2 aromatic heterocycles. The van der Waals surface area contributed by atoms with Crippen molar-refractivity contribution < 1.29 is 14.1 Å². The van der Waals surface area contributed by atoms with Crippen LogP contribution in [0, 0.1) is 13.8 Å². The van der Waals surface area contributed by atoms with E-state index in [2.05, 4.69) is 26.4 Å². The topological polar surface area (TPSA) is 64.4 Å². The van der Waals surface area contributed by atoms with E-state index in [1.807, 2.05) is 6.92 Å². The first-order valence-electron chi connectivity index (χ1n) is 5.56. The molecule has 2 rings (SSSR count). The normalized spacial score (nSPS) is 10.5. The van der Waals surface area contributed by atoms with Crippen LogP contribution in [-0.2, 0) is 6.54 Å². The molecule has 0 atom stereocenters. The number of nitrogens with one attached hydrogen (secondary N) is 1. The number of aromatic nitrogens is 1. The highest BCUT2D eigenvalue weighted by Crippen LogP contribution is 2.38. The number of aryl methyl sites for hydroxylation is 2. The summed E-state index contributed by atoms with van der Waals surface area (Å²) in [5.41, 5.74) is 0.692. The Labute approximate surface area is 123 Å². The van der Waals surface area contributed by atoms with Crippen molar-refractivity contribution in [2.24, 2.45) is 0 Å². The maximum absolute atomic E-state index is 12.1. The van der Waals surface area contributed by atoms with Gasteiger partial charge in [0.15, 0.2) is 5.75 Å². The molecule has 0 fully saturated rings. The largest absolute Gasteiger partial charge is 0.494 e. The highest BCUT2D eigenvalue weighted by atomic mass is 79.9. The van der Waals surface area contributed by atoms with E-state index in [0.29, 0.717) is 22.9 Å². The maximum Gasteiger partial charge on any atom is 0.265 e. The second-order valence-corrected chi connectivity index (χ2v) is 5.96. The number of nitrogens with zero attached hydrogens (tertiary/aromatic N) is 1. The highest BCUT2D eigenvalue weighted by Gasteiger charge is 2.20. The van der Waals surface area contributed by atoms with Gasteiger partial charge in [0.05, 0.1) is 18.1 Å². The molecule has 102 valence electrons. The van der Waals surface area contributed by atoms with Crippen molar-refractivity contribution in [3.05, 3.63) is 31.7 Å². The molecule has 1 N–H and O–H groups in total. The summed E-state index contributed by atoms with van der Waals surface area (Å²) in [7, 11) is 1.55. The lowest BCUT2D eigenvalue weighted by Gasteiger charge is -2.03. The van der Waals surface area contributed by atoms with Crippen LogP contribution in [0.2, 0.25) is 0 Å². The van der Waals surface area contributed by atoms with Gasteiger partial charge in [-0.3, -0.25) is 4.79 Å². The van der Waals surface area contributed by atoms with Gasteiger partial charge in [0.1, 0.15) is 16.3 Å². The highest BCUT2D eigenvalue weighted by molar-refractivity contribution is 9.10. The first-order chi connectivity index (χ1) is 9.02. The predicted octanol–water partition coefficient (Wildman–Crippen LogP) is 3.05. The Bertz CT molecular complexity index is 606. The van der Waals surface area contributed by atoms with Crippen molar-refractivity contribution in [3.63, 3.8) is 0 Å². The zero-order valence-corrected chi connectivity index (χ0v) is 13.1. The Morgan fingerprint density at radius 2 is 2.32 bits per heavy atom. The molecule has 0 aliphatic rings. The molecule has 0 saturated heterocycles. The lowest BCUT2D eigenvalue weighted by atomic mass is 10.3. The summed E-state index contributed by atoms with van der Waals surface area (Å²) < 4.78 is 11.0. The minimum Gasteiger partial charge on any atom is -0.494 e. The van der Waals surface area contributed by atoms with Crippen LogP contribution in [0.1, 0.15) is 26.0 Å². The number of ether oxygens (including phenoxy) is 1. The number of thiophene rings is 1. The fourth-order valence-electron chi connectivity index (χ4n) is 1.59. The average Bonchev–Trinajstić information content (AvgIpc) is 2.92. The zero-order chi connectivity index (χ0) is 14.0. The molecule has 0 aliphatic heterocycles. The summed E-state index contributed by atoms with van der Waals surface area (Å²) in [5, 5.41) is 6.61. The van der Waals surface area contributed by atoms with Crippen molar-refractivity contribution >= 4 is 33.2 Å². The number of amides is 1. The van der Waals surface area contributed by atoms with Crippen LogP contribution in [0.4, 0.5) is 0 Å². The molecule has 0 spiro atoms. The van der Waals surface area contributed by atoms with Crippen molar-refractivity contribution in [1.82, 2.24) is 10.5 Å². The Hall–Kier alpha value is -1.34. The summed E-state index contributed by atoms with van der Waals surface area (Å²) in [5.74, 6) is 1.10. The third-order valence-corrected chi connectivity index (χ3v) is 4.79. The monoisotopic (exact) mass is 344 g/mol. The van der Waals surface area contributed by atoms with Gasteiger partial charge in [-0.05, 0) is 29.8 Å². The maximum atomic E-state index is 12.1. The van der Waals surface area contributed by atoms with Gasteiger partial charge >= 0.3 is 0 Å². The minimum atomic E-state index is -0.184. The molecular formula is C12H13BrN2O3S. The third-order valence-electron chi connectivity index (χ3n) is 2.49. The fraction of sp³-hybridized carbons (Fsp3) is 0.333. The SMILES string of the molecule is COc1c(C(=O)NCc2cc(C)on2)sc(C)c1Br. The van der Waals surface area contributed by atoms with Gasteiger partial charge in [-0.15, -0.1) is 11.3 Å². The molecule has 2 aromatic rings. The first-order valence-corrected chi connectivity index (χ1v) is 7.17. The van der Waals surface area contributed by atoms with Crippen LogP contribution in [0.25, 0.3) is 0 Å². The second-order valence-electron chi connectivity index (χ2n) is 3.95. The van der Waals surface area contributed by atoms with E-state index in [9.17, 15) is 4.79 Å². The molecule has 19 heavy (non-hydrogen) atoms. The Kier molecular flexibility index (Phi) is 4.26. The molecule has 0 unspecified atom stereocenters. The molecule has 0 saturated carbocycles. The molecular weight excluding hydrogens is 332 g/mol. The number of carbonyl (C=O) groups is 1. The molecule has 0 radical (unpaired) electrons. The van der Waals surface area contributed by atoms with E-state index in [1.165, 1.54) is 11.3 Å². The Morgan fingerprint density at radius 1 is 1.58 bits per heavy atom. The first kappa shape index (κ1) is 14.1.